The van der Waals surface area contributed by atoms with Gasteiger partial charge in [-0.3, -0.25) is 0 Å². The van der Waals surface area contributed by atoms with Crippen LogP contribution in [0.15, 0.2) is 24.3 Å². The molecule has 0 radical (unpaired) electrons. The highest BCUT2D eigenvalue weighted by molar-refractivity contribution is 5.43. The maximum absolute atomic E-state index is 12.6. The molecule has 0 spiro atoms. The quantitative estimate of drug-likeness (QED) is 0.759. The Labute approximate surface area is 83.8 Å². The lowest BCUT2D eigenvalue weighted by molar-refractivity contribution is 0.282. The Kier molecular flexibility index (Phi) is 4.40. The van der Waals surface area contributed by atoms with Crippen molar-refractivity contribution in [1.29, 1.82) is 0 Å². The fourth-order valence-corrected chi connectivity index (χ4v) is 1.30. The lowest BCUT2D eigenvalue weighted by atomic mass is 10.2. The van der Waals surface area contributed by atoms with E-state index in [9.17, 15) is 4.39 Å². The number of halogens is 1. The summed E-state index contributed by atoms with van der Waals surface area (Å²) in [5.74, 6) is -0.224. The summed E-state index contributed by atoms with van der Waals surface area (Å²) in [5.41, 5.74) is 0.914. The van der Waals surface area contributed by atoms with Gasteiger partial charge < -0.3 is 10.4 Å². The van der Waals surface area contributed by atoms with Gasteiger partial charge in [-0.15, -0.1) is 0 Å². The van der Waals surface area contributed by atoms with Crippen molar-refractivity contribution in [2.24, 2.45) is 0 Å². The van der Waals surface area contributed by atoms with Gasteiger partial charge in [0.15, 0.2) is 0 Å². The van der Waals surface area contributed by atoms with Gasteiger partial charge in [0, 0.05) is 18.3 Å². The monoisotopic (exact) mass is 197 g/mol. The van der Waals surface area contributed by atoms with Crippen molar-refractivity contribution in [3.05, 3.63) is 30.1 Å². The number of nitrogens with one attached hydrogen (secondary N) is 1. The summed E-state index contributed by atoms with van der Waals surface area (Å²) < 4.78 is 12.6. The normalized spacial score (nSPS) is 12.5. The number of rotatable bonds is 5. The minimum atomic E-state index is -0.224. The second-order valence-corrected chi connectivity index (χ2v) is 3.42. The van der Waals surface area contributed by atoms with E-state index < -0.39 is 0 Å². The largest absolute Gasteiger partial charge is 0.396 e. The van der Waals surface area contributed by atoms with Gasteiger partial charge in [0.1, 0.15) is 5.82 Å². The van der Waals surface area contributed by atoms with E-state index in [4.69, 9.17) is 5.11 Å². The average Bonchev–Trinajstić information content (AvgIpc) is 2.18. The predicted molar refractivity (Wildman–Crippen MR) is 55.8 cm³/mol. The molecular formula is C11H16FNO. The van der Waals surface area contributed by atoms with Gasteiger partial charge >= 0.3 is 0 Å². The van der Waals surface area contributed by atoms with Gasteiger partial charge in [0.05, 0.1) is 0 Å². The van der Waals surface area contributed by atoms with Gasteiger partial charge in [-0.1, -0.05) is 0 Å². The van der Waals surface area contributed by atoms with Crippen LogP contribution in [0.3, 0.4) is 0 Å². The van der Waals surface area contributed by atoms with Gasteiger partial charge in [-0.25, -0.2) is 4.39 Å². The second-order valence-electron chi connectivity index (χ2n) is 3.42. The molecule has 1 aromatic carbocycles. The Balaban J connectivity index is 2.39. The van der Waals surface area contributed by atoms with Crippen molar-refractivity contribution >= 4 is 5.69 Å². The van der Waals surface area contributed by atoms with E-state index in [0.29, 0.717) is 6.04 Å². The topological polar surface area (TPSA) is 32.3 Å². The average molecular weight is 197 g/mol. The van der Waals surface area contributed by atoms with Crippen LogP contribution in [0, 0.1) is 5.82 Å². The molecule has 0 bridgehead atoms. The summed E-state index contributed by atoms with van der Waals surface area (Å²) in [5, 5.41) is 11.9. The molecule has 1 rings (SSSR count). The smallest absolute Gasteiger partial charge is 0.123 e. The van der Waals surface area contributed by atoms with Crippen LogP contribution >= 0.6 is 0 Å². The van der Waals surface area contributed by atoms with Crippen LogP contribution in [-0.4, -0.2) is 17.8 Å². The second kappa shape index (κ2) is 5.60. The van der Waals surface area contributed by atoms with E-state index in [-0.39, 0.29) is 12.4 Å². The maximum Gasteiger partial charge on any atom is 0.123 e. The van der Waals surface area contributed by atoms with Crippen LogP contribution in [0.5, 0.6) is 0 Å². The van der Waals surface area contributed by atoms with Crippen molar-refractivity contribution in [2.45, 2.75) is 25.8 Å². The predicted octanol–water partition coefficient (Wildman–Crippen LogP) is 2.40. The number of aliphatic hydroxyl groups excluding tert-OH is 1. The standard InChI is InChI=1S/C11H16FNO/c1-9(3-2-8-14)13-11-6-4-10(12)5-7-11/h4-7,9,13-14H,2-3,8H2,1H3/t9-/m0/s1. The molecule has 0 aliphatic heterocycles. The highest BCUT2D eigenvalue weighted by Gasteiger charge is 2.00. The van der Waals surface area contributed by atoms with E-state index >= 15 is 0 Å². The highest BCUT2D eigenvalue weighted by Crippen LogP contribution is 2.11. The first kappa shape index (κ1) is 11.0. The lowest BCUT2D eigenvalue weighted by Crippen LogP contribution is -2.15. The molecule has 2 nitrogen and oxygen atoms in total. The van der Waals surface area contributed by atoms with Gasteiger partial charge in [-0.2, -0.15) is 0 Å². The minimum Gasteiger partial charge on any atom is -0.396 e. The number of hydrogen-bond acceptors (Lipinski definition) is 2. The first-order valence-corrected chi connectivity index (χ1v) is 4.85. The molecule has 14 heavy (non-hydrogen) atoms. The Morgan fingerprint density at radius 1 is 1.36 bits per heavy atom. The summed E-state index contributed by atoms with van der Waals surface area (Å²) >= 11 is 0. The molecule has 0 unspecified atom stereocenters. The molecule has 0 aromatic heterocycles. The molecule has 3 heteroatoms. The molecule has 0 aliphatic rings. The maximum atomic E-state index is 12.6. The molecule has 0 aliphatic carbocycles. The zero-order valence-corrected chi connectivity index (χ0v) is 8.33. The number of aliphatic hydroxyl groups is 1. The minimum absolute atomic E-state index is 0.218. The van der Waals surface area contributed by atoms with Crippen LogP contribution in [0.2, 0.25) is 0 Å². The van der Waals surface area contributed by atoms with E-state index in [1.54, 1.807) is 12.1 Å². The molecule has 0 saturated heterocycles. The molecule has 1 atom stereocenters. The Bertz CT molecular complexity index is 260. The van der Waals surface area contributed by atoms with E-state index in [0.717, 1.165) is 18.5 Å². The Morgan fingerprint density at radius 2 is 2.00 bits per heavy atom. The molecule has 1 aromatic rings. The van der Waals surface area contributed by atoms with Crippen LogP contribution in [0.4, 0.5) is 10.1 Å². The summed E-state index contributed by atoms with van der Waals surface area (Å²) in [6.07, 6.45) is 1.70. The Morgan fingerprint density at radius 3 is 2.57 bits per heavy atom. The van der Waals surface area contributed by atoms with Crippen LogP contribution in [0.1, 0.15) is 19.8 Å². The fourth-order valence-electron chi connectivity index (χ4n) is 1.30. The van der Waals surface area contributed by atoms with Crippen molar-refractivity contribution in [1.82, 2.24) is 0 Å². The van der Waals surface area contributed by atoms with E-state index in [1.165, 1.54) is 12.1 Å². The number of benzene rings is 1. The molecule has 0 amide bonds. The lowest BCUT2D eigenvalue weighted by Gasteiger charge is -2.14. The summed E-state index contributed by atoms with van der Waals surface area (Å²) in [7, 11) is 0. The van der Waals surface area contributed by atoms with E-state index in [2.05, 4.69) is 5.32 Å². The van der Waals surface area contributed by atoms with Crippen LogP contribution < -0.4 is 5.32 Å². The van der Waals surface area contributed by atoms with Crippen LogP contribution in [0.25, 0.3) is 0 Å². The fraction of sp³-hybridized carbons (Fsp3) is 0.455. The molecule has 78 valence electrons. The third kappa shape index (κ3) is 3.75. The van der Waals surface area contributed by atoms with Gasteiger partial charge in [0.2, 0.25) is 0 Å². The van der Waals surface area contributed by atoms with Crippen molar-refractivity contribution in [2.75, 3.05) is 11.9 Å². The van der Waals surface area contributed by atoms with Crippen molar-refractivity contribution in [3.63, 3.8) is 0 Å². The SMILES string of the molecule is C[C@@H](CCCO)Nc1ccc(F)cc1. The summed E-state index contributed by atoms with van der Waals surface area (Å²) in [6.45, 7) is 2.26. The van der Waals surface area contributed by atoms with E-state index in [1.807, 2.05) is 6.92 Å². The van der Waals surface area contributed by atoms with Gasteiger partial charge in [-0.05, 0) is 44.0 Å². The summed E-state index contributed by atoms with van der Waals surface area (Å²) in [6, 6.07) is 6.59. The molecule has 0 saturated carbocycles. The van der Waals surface area contributed by atoms with Crippen molar-refractivity contribution in [3.8, 4) is 0 Å². The first-order valence-electron chi connectivity index (χ1n) is 4.85. The van der Waals surface area contributed by atoms with Crippen molar-refractivity contribution < 1.29 is 9.50 Å². The highest BCUT2D eigenvalue weighted by atomic mass is 19.1. The molecule has 0 fully saturated rings. The summed E-state index contributed by atoms with van der Waals surface area (Å²) in [4.78, 5) is 0. The molecular weight excluding hydrogens is 181 g/mol. The zero-order valence-electron chi connectivity index (χ0n) is 8.33. The molecule has 0 heterocycles. The number of hydrogen-bond donors (Lipinski definition) is 2. The van der Waals surface area contributed by atoms with Crippen LogP contribution in [-0.2, 0) is 0 Å². The molecule has 2 N–H and O–H groups in total. The zero-order chi connectivity index (χ0) is 10.4. The third-order valence-electron chi connectivity index (χ3n) is 2.05. The van der Waals surface area contributed by atoms with Gasteiger partial charge in [0.25, 0.3) is 0 Å². The number of anilines is 1. The Hall–Kier alpha value is -1.09. The first-order chi connectivity index (χ1) is 6.72. The third-order valence-corrected chi connectivity index (χ3v) is 2.05.